The van der Waals surface area contributed by atoms with E-state index in [4.69, 9.17) is 19.7 Å². The quantitative estimate of drug-likeness (QED) is 0.352. The summed E-state index contributed by atoms with van der Waals surface area (Å²) in [6.45, 7) is 2.14. The van der Waals surface area contributed by atoms with Gasteiger partial charge < -0.3 is 14.2 Å². The molecule has 7 heteroatoms. The standard InChI is InChI=1S/C12H13N3O4/c1-2-17-12(16)9(14-15-13)5-8-3-4-10-11(6-8)19-7-18-10/h3-4,6,9H,2,5,7H2,1H3. The minimum absolute atomic E-state index is 0.191. The van der Waals surface area contributed by atoms with E-state index >= 15 is 0 Å². The molecule has 0 amide bonds. The van der Waals surface area contributed by atoms with E-state index < -0.39 is 12.0 Å². The average molecular weight is 263 g/mol. The molecule has 0 N–H and O–H groups in total. The van der Waals surface area contributed by atoms with E-state index in [0.717, 1.165) is 5.56 Å². The van der Waals surface area contributed by atoms with Gasteiger partial charge in [-0.25, -0.2) is 0 Å². The van der Waals surface area contributed by atoms with Gasteiger partial charge in [-0.1, -0.05) is 11.2 Å². The van der Waals surface area contributed by atoms with Gasteiger partial charge in [-0.15, -0.1) is 0 Å². The molecule has 7 nitrogen and oxygen atoms in total. The third-order valence-corrected chi connectivity index (χ3v) is 2.62. The fraction of sp³-hybridized carbons (Fsp3) is 0.417. The normalized spacial score (nSPS) is 13.5. The summed E-state index contributed by atoms with van der Waals surface area (Å²) in [5.41, 5.74) is 9.31. The van der Waals surface area contributed by atoms with Gasteiger partial charge in [0.05, 0.1) is 6.61 Å². The zero-order valence-electron chi connectivity index (χ0n) is 10.4. The number of carbonyl (C=O) groups excluding carboxylic acids is 1. The molecule has 1 unspecified atom stereocenters. The van der Waals surface area contributed by atoms with E-state index in [0.29, 0.717) is 11.5 Å². The number of benzene rings is 1. The predicted octanol–water partition coefficient (Wildman–Crippen LogP) is 2.20. The summed E-state index contributed by atoms with van der Waals surface area (Å²) in [6.07, 6.45) is 0.263. The summed E-state index contributed by atoms with van der Waals surface area (Å²) < 4.78 is 15.3. The van der Waals surface area contributed by atoms with Crippen LogP contribution in [0.3, 0.4) is 0 Å². The molecule has 0 aromatic heterocycles. The molecule has 1 atom stereocenters. The second-order valence-electron chi connectivity index (χ2n) is 3.86. The van der Waals surface area contributed by atoms with Crippen molar-refractivity contribution in [1.82, 2.24) is 0 Å². The van der Waals surface area contributed by atoms with Gasteiger partial charge in [0.15, 0.2) is 11.5 Å². The SMILES string of the molecule is CCOC(=O)C(Cc1ccc2c(c1)OCO2)N=[N+]=[N-]. The van der Waals surface area contributed by atoms with Gasteiger partial charge in [-0.2, -0.15) is 0 Å². The van der Waals surface area contributed by atoms with Crippen LogP contribution in [0.25, 0.3) is 10.4 Å². The maximum atomic E-state index is 11.6. The highest BCUT2D eigenvalue weighted by atomic mass is 16.7. The van der Waals surface area contributed by atoms with Crippen molar-refractivity contribution in [2.75, 3.05) is 13.4 Å². The number of hydrogen-bond donors (Lipinski definition) is 0. The number of azide groups is 1. The van der Waals surface area contributed by atoms with Crippen LogP contribution in [0.1, 0.15) is 12.5 Å². The predicted molar refractivity (Wildman–Crippen MR) is 65.8 cm³/mol. The van der Waals surface area contributed by atoms with E-state index in [-0.39, 0.29) is 19.8 Å². The molecule has 1 aromatic carbocycles. The number of nitrogens with zero attached hydrogens (tertiary/aromatic N) is 3. The first-order valence-electron chi connectivity index (χ1n) is 5.84. The van der Waals surface area contributed by atoms with E-state index in [1.165, 1.54) is 0 Å². The van der Waals surface area contributed by atoms with Gasteiger partial charge in [-0.05, 0) is 36.6 Å². The molecule has 0 bridgehead atoms. The van der Waals surface area contributed by atoms with Crippen molar-refractivity contribution in [3.05, 3.63) is 34.2 Å². The lowest BCUT2D eigenvalue weighted by atomic mass is 10.1. The zero-order chi connectivity index (χ0) is 13.7. The van der Waals surface area contributed by atoms with Crippen LogP contribution in [0.15, 0.2) is 23.3 Å². The third-order valence-electron chi connectivity index (χ3n) is 2.62. The van der Waals surface area contributed by atoms with Crippen LogP contribution >= 0.6 is 0 Å². The number of hydrogen-bond acceptors (Lipinski definition) is 5. The highest BCUT2D eigenvalue weighted by Gasteiger charge is 2.20. The van der Waals surface area contributed by atoms with Crippen molar-refractivity contribution in [3.63, 3.8) is 0 Å². The van der Waals surface area contributed by atoms with Crippen LogP contribution in [0.2, 0.25) is 0 Å². The average Bonchev–Trinajstić information content (AvgIpc) is 2.86. The molecule has 0 spiro atoms. The Hall–Kier alpha value is -2.40. The fourth-order valence-corrected chi connectivity index (χ4v) is 1.76. The topological polar surface area (TPSA) is 93.5 Å². The monoisotopic (exact) mass is 263 g/mol. The van der Waals surface area contributed by atoms with Crippen molar-refractivity contribution < 1.29 is 19.0 Å². The molecule has 0 aliphatic carbocycles. The second-order valence-corrected chi connectivity index (χ2v) is 3.86. The molecule has 0 fully saturated rings. The molecular formula is C12H13N3O4. The Kier molecular flexibility index (Phi) is 4.10. The summed E-state index contributed by atoms with van der Waals surface area (Å²) in [5, 5.41) is 3.47. The van der Waals surface area contributed by atoms with Gasteiger partial charge in [-0.3, -0.25) is 4.79 Å². The molecule has 1 aromatic rings. The molecule has 1 aliphatic rings. The summed E-state index contributed by atoms with van der Waals surface area (Å²) in [6, 6.07) is 4.45. The minimum atomic E-state index is -0.870. The Balaban J connectivity index is 2.12. The number of esters is 1. The van der Waals surface area contributed by atoms with Crippen LogP contribution in [0.4, 0.5) is 0 Å². The summed E-state index contributed by atoms with van der Waals surface area (Å²) >= 11 is 0. The van der Waals surface area contributed by atoms with Gasteiger partial charge in [0, 0.05) is 4.91 Å². The highest BCUT2D eigenvalue weighted by molar-refractivity contribution is 5.76. The van der Waals surface area contributed by atoms with E-state index in [1.807, 2.05) is 0 Å². The van der Waals surface area contributed by atoms with E-state index in [1.54, 1.807) is 25.1 Å². The first kappa shape index (κ1) is 13.0. The first-order chi connectivity index (χ1) is 9.24. The van der Waals surface area contributed by atoms with Gasteiger partial charge in [0.2, 0.25) is 6.79 Å². The van der Waals surface area contributed by atoms with Crippen molar-refractivity contribution in [2.24, 2.45) is 5.11 Å². The number of fused-ring (bicyclic) bond motifs is 1. The lowest BCUT2D eigenvalue weighted by Crippen LogP contribution is -2.23. The summed E-state index contributed by atoms with van der Waals surface area (Å²) in [4.78, 5) is 14.3. The molecule has 19 heavy (non-hydrogen) atoms. The van der Waals surface area contributed by atoms with Crippen molar-refractivity contribution >= 4 is 5.97 Å². The lowest BCUT2D eigenvalue weighted by molar-refractivity contribution is -0.144. The first-order valence-corrected chi connectivity index (χ1v) is 5.84. The van der Waals surface area contributed by atoms with Gasteiger partial charge in [0.1, 0.15) is 6.04 Å². The molecule has 2 rings (SSSR count). The molecule has 100 valence electrons. The number of rotatable bonds is 5. The van der Waals surface area contributed by atoms with Gasteiger partial charge >= 0.3 is 5.97 Å². The van der Waals surface area contributed by atoms with Crippen LogP contribution in [0.5, 0.6) is 11.5 Å². The zero-order valence-corrected chi connectivity index (χ0v) is 10.4. The van der Waals surface area contributed by atoms with Crippen LogP contribution < -0.4 is 9.47 Å². The molecule has 0 radical (unpaired) electrons. The van der Waals surface area contributed by atoms with Crippen molar-refractivity contribution in [3.8, 4) is 11.5 Å². The molecular weight excluding hydrogens is 250 g/mol. The smallest absolute Gasteiger partial charge is 0.315 e. The maximum Gasteiger partial charge on any atom is 0.315 e. The van der Waals surface area contributed by atoms with Gasteiger partial charge in [0.25, 0.3) is 0 Å². The Morgan fingerprint density at radius 1 is 1.53 bits per heavy atom. The highest BCUT2D eigenvalue weighted by Crippen LogP contribution is 2.32. The van der Waals surface area contributed by atoms with Crippen molar-refractivity contribution in [2.45, 2.75) is 19.4 Å². The largest absolute Gasteiger partial charge is 0.466 e. The molecule has 1 aliphatic heterocycles. The van der Waals surface area contributed by atoms with Crippen LogP contribution in [-0.4, -0.2) is 25.4 Å². The van der Waals surface area contributed by atoms with Crippen molar-refractivity contribution in [1.29, 1.82) is 0 Å². The Bertz CT molecular complexity index is 526. The molecule has 0 saturated heterocycles. The third kappa shape index (κ3) is 3.08. The minimum Gasteiger partial charge on any atom is -0.466 e. The molecule has 1 heterocycles. The van der Waals surface area contributed by atoms with Crippen LogP contribution in [-0.2, 0) is 16.0 Å². The number of ether oxygens (including phenoxy) is 3. The second kappa shape index (κ2) is 5.97. The Morgan fingerprint density at radius 3 is 3.05 bits per heavy atom. The molecule has 0 saturated carbocycles. The Morgan fingerprint density at radius 2 is 2.32 bits per heavy atom. The fourth-order valence-electron chi connectivity index (χ4n) is 1.76. The summed E-state index contributed by atoms with van der Waals surface area (Å²) in [5.74, 6) is 0.763. The Labute approximate surface area is 109 Å². The lowest BCUT2D eigenvalue weighted by Gasteiger charge is -2.10. The van der Waals surface area contributed by atoms with E-state index in [9.17, 15) is 4.79 Å². The summed E-state index contributed by atoms with van der Waals surface area (Å²) in [7, 11) is 0. The maximum absolute atomic E-state index is 11.6. The van der Waals surface area contributed by atoms with Crippen LogP contribution in [0, 0.1) is 0 Å². The number of carbonyl (C=O) groups is 1. The van der Waals surface area contributed by atoms with E-state index in [2.05, 4.69) is 10.0 Å².